The molecule has 2 saturated heterocycles. The maximum Gasteiger partial charge on any atom is 0.316 e. The lowest BCUT2D eigenvalue weighted by molar-refractivity contribution is -0.320. The Kier molecular flexibility index (Phi) is 21.4. The van der Waals surface area contributed by atoms with E-state index in [1.54, 1.807) is 54.7 Å². The lowest BCUT2D eigenvalue weighted by Crippen LogP contribution is -2.61. The van der Waals surface area contributed by atoms with E-state index in [2.05, 4.69) is 0 Å². The van der Waals surface area contributed by atoms with Gasteiger partial charge in [-0.3, -0.25) is 24.0 Å². The molecule has 16 atom stereocenters. The number of methoxy groups -OCH3 is 3. The van der Waals surface area contributed by atoms with E-state index in [0.29, 0.717) is 17.7 Å². The van der Waals surface area contributed by atoms with E-state index < -0.39 is 108 Å². The van der Waals surface area contributed by atoms with E-state index in [-0.39, 0.29) is 42.9 Å². The van der Waals surface area contributed by atoms with Crippen molar-refractivity contribution in [2.75, 3.05) is 41.2 Å². The van der Waals surface area contributed by atoms with Crippen molar-refractivity contribution in [1.82, 2.24) is 4.90 Å². The lowest BCUT2D eigenvalue weighted by Gasteiger charge is -2.50. The highest BCUT2D eigenvalue weighted by molar-refractivity contribution is 7.99. The summed E-state index contributed by atoms with van der Waals surface area (Å²) in [6.45, 7) is 20.4. The zero-order valence-corrected chi connectivity index (χ0v) is 45.3. The number of rotatable bonds is 16. The number of hydrogen-bond donors (Lipinski definition) is 0. The Morgan fingerprint density at radius 1 is 0.829 bits per heavy atom. The minimum Gasteiger partial charge on any atom is -0.497 e. The normalized spacial score (nSPS) is 37.6. The number of ketones is 1. The molecule has 3 aliphatic rings. The second-order valence-electron chi connectivity index (χ2n) is 20.1. The number of allylic oxidation sites excluding steroid dienone is 1. The fraction of sp³-hybridized carbons (Fsp3) is 0.750. The summed E-state index contributed by atoms with van der Waals surface area (Å²) >= 11 is 1.36. The number of cyclic esters (lactones) is 1. The van der Waals surface area contributed by atoms with Crippen LogP contribution in [0.1, 0.15) is 114 Å². The van der Waals surface area contributed by atoms with Crippen LogP contribution in [0.5, 0.6) is 5.75 Å². The first-order valence-electron chi connectivity index (χ1n) is 24.3. The summed E-state index contributed by atoms with van der Waals surface area (Å²) in [6, 6.07) is 7.24. The number of esters is 4. The van der Waals surface area contributed by atoms with Crippen molar-refractivity contribution in [3.63, 3.8) is 0 Å². The van der Waals surface area contributed by atoms with Crippen LogP contribution in [0.15, 0.2) is 35.9 Å². The van der Waals surface area contributed by atoms with Crippen LogP contribution in [-0.2, 0) is 77.1 Å². The Morgan fingerprint density at radius 3 is 2.00 bits per heavy atom. The number of carbonyl (C=O) groups excluding carboxylic acids is 5. The monoisotopic (exact) mass is 1010 g/mol. The molecule has 17 nitrogen and oxygen atoms in total. The number of thioether (sulfide) groups is 1. The van der Waals surface area contributed by atoms with Crippen molar-refractivity contribution in [2.45, 2.75) is 193 Å². The maximum absolute atomic E-state index is 15.0. The number of nitrogens with zero attached hydrogens (tertiary/aromatic N) is 1. The molecule has 2 fully saturated rings. The first kappa shape index (κ1) is 58.9. The highest BCUT2D eigenvalue weighted by atomic mass is 32.2. The van der Waals surface area contributed by atoms with Crippen LogP contribution in [0.4, 0.5) is 0 Å². The van der Waals surface area contributed by atoms with Gasteiger partial charge in [-0.25, -0.2) is 0 Å². The van der Waals surface area contributed by atoms with E-state index in [1.807, 2.05) is 71.0 Å². The van der Waals surface area contributed by atoms with Gasteiger partial charge in [-0.15, -0.1) is 11.8 Å². The third-order valence-electron chi connectivity index (χ3n) is 14.1. The van der Waals surface area contributed by atoms with Gasteiger partial charge in [0, 0.05) is 52.1 Å². The third kappa shape index (κ3) is 14.8. The average molecular weight is 1010 g/mol. The average Bonchev–Trinajstić information content (AvgIpc) is 3.29. The molecule has 396 valence electrons. The summed E-state index contributed by atoms with van der Waals surface area (Å²) < 4.78 is 69.1. The fourth-order valence-electron chi connectivity index (χ4n) is 10.3. The smallest absolute Gasteiger partial charge is 0.316 e. The molecule has 0 N–H and O–H groups in total. The van der Waals surface area contributed by atoms with Gasteiger partial charge in [-0.05, 0) is 111 Å². The van der Waals surface area contributed by atoms with Gasteiger partial charge in [0.1, 0.15) is 17.5 Å². The van der Waals surface area contributed by atoms with Crippen LogP contribution < -0.4 is 4.74 Å². The van der Waals surface area contributed by atoms with Crippen molar-refractivity contribution in [3.05, 3.63) is 41.5 Å². The van der Waals surface area contributed by atoms with Crippen molar-refractivity contribution in [1.29, 1.82) is 0 Å². The predicted octanol–water partition coefficient (Wildman–Crippen LogP) is 7.02. The summed E-state index contributed by atoms with van der Waals surface area (Å²) in [5, 5.41) is 0. The van der Waals surface area contributed by atoms with Gasteiger partial charge in [-0.2, -0.15) is 0 Å². The Morgan fingerprint density at radius 2 is 1.44 bits per heavy atom. The molecule has 18 heteroatoms. The standard InChI is InChI=1S/C52H81NO16S/c1-18-40-50(10,69-41(56)28-70-27-37-19-21-38(59-15)22-20-37)24-29(2)43(57)30(3)25-51(11,60-16)46(68-49-45(64-35(8)54)39(53(13)14)23-31(4)62-49)32(5)44(33(6)48(58)66-40)67-42-26-52(12,61-17)47(34(7)63-42)65-36(9)55/h19-22,24,30-34,39-40,42,44-47,49H,18,23,25-28H2,1-17H3/b29-24+/t30-,31-,32+,33-,34+,39+,40-,42+,44+,45-,46-,47+,49+,50+,51-,52-/m1/s1. The van der Waals surface area contributed by atoms with E-state index >= 15 is 0 Å². The van der Waals surface area contributed by atoms with E-state index in [0.717, 1.165) is 11.3 Å². The van der Waals surface area contributed by atoms with Gasteiger partial charge in [0.2, 0.25) is 0 Å². The summed E-state index contributed by atoms with van der Waals surface area (Å²) in [5.74, 6) is -3.87. The van der Waals surface area contributed by atoms with Gasteiger partial charge in [0.05, 0.1) is 54.8 Å². The van der Waals surface area contributed by atoms with Gasteiger partial charge >= 0.3 is 23.9 Å². The Bertz CT molecular complexity index is 1960. The molecule has 70 heavy (non-hydrogen) atoms. The van der Waals surface area contributed by atoms with E-state index in [1.165, 1.54) is 39.8 Å². The summed E-state index contributed by atoms with van der Waals surface area (Å²) in [7, 11) is 8.42. The Balaban J connectivity index is 1.85. The molecule has 0 unspecified atom stereocenters. The van der Waals surface area contributed by atoms with Gasteiger partial charge in [0.15, 0.2) is 36.2 Å². The van der Waals surface area contributed by atoms with Crippen LogP contribution in [0.2, 0.25) is 0 Å². The molecule has 0 radical (unpaired) electrons. The van der Waals surface area contributed by atoms with Gasteiger partial charge < -0.3 is 57.0 Å². The van der Waals surface area contributed by atoms with Crippen LogP contribution in [0.25, 0.3) is 0 Å². The largest absolute Gasteiger partial charge is 0.497 e. The molecule has 3 aliphatic heterocycles. The fourth-order valence-corrected chi connectivity index (χ4v) is 11.0. The van der Waals surface area contributed by atoms with Crippen molar-refractivity contribution in [3.8, 4) is 5.75 Å². The maximum atomic E-state index is 15.0. The first-order chi connectivity index (χ1) is 32.7. The third-order valence-corrected chi connectivity index (χ3v) is 15.1. The topological polar surface area (TPSA) is 190 Å². The van der Waals surface area contributed by atoms with Crippen molar-refractivity contribution >= 4 is 41.4 Å². The zero-order valence-electron chi connectivity index (χ0n) is 44.5. The van der Waals surface area contributed by atoms with Crippen LogP contribution in [0.3, 0.4) is 0 Å². The molecular weight excluding hydrogens is 927 g/mol. The lowest BCUT2D eigenvalue weighted by atomic mass is 9.76. The minimum atomic E-state index is -1.58. The molecular formula is C52H81NO16S. The van der Waals surface area contributed by atoms with Crippen LogP contribution in [0, 0.1) is 17.8 Å². The number of hydrogen-bond acceptors (Lipinski definition) is 18. The van der Waals surface area contributed by atoms with E-state index in [4.69, 9.17) is 52.1 Å². The number of likely N-dealkylation sites (N-methyl/N-ethyl adjacent to an activating group) is 1. The number of carbonyl (C=O) groups is 5. The zero-order chi connectivity index (χ0) is 52.5. The molecule has 0 aromatic heterocycles. The predicted molar refractivity (Wildman–Crippen MR) is 262 cm³/mol. The molecule has 4 rings (SSSR count). The van der Waals surface area contributed by atoms with Crippen LogP contribution in [-0.4, -0.2) is 154 Å². The highest BCUT2D eigenvalue weighted by Crippen LogP contribution is 2.42. The van der Waals surface area contributed by atoms with Crippen LogP contribution >= 0.6 is 11.8 Å². The van der Waals surface area contributed by atoms with Crippen molar-refractivity contribution in [2.24, 2.45) is 17.8 Å². The number of benzene rings is 1. The Hall–Kier alpha value is -3.62. The second-order valence-corrected chi connectivity index (χ2v) is 21.1. The van der Waals surface area contributed by atoms with Gasteiger partial charge in [0.25, 0.3) is 0 Å². The number of ether oxygens (including phenoxy) is 11. The van der Waals surface area contributed by atoms with Gasteiger partial charge in [-0.1, -0.05) is 32.9 Å². The highest BCUT2D eigenvalue weighted by Gasteiger charge is 2.54. The van der Waals surface area contributed by atoms with Crippen molar-refractivity contribution < 1.29 is 76.1 Å². The molecule has 1 aromatic rings. The SMILES string of the molecule is CC[C@H]1OC(=O)[C@H](C)[C@@H](O[C@H]2C[C@@](C)(OC)[C@@H](OC(C)=O)[C@H](C)O2)[C@H](C)[C@@H](O[C@@H]2O[C@H](C)C[C@H](N(C)C)[C@H]2OC(C)=O)[C@](C)(OC)C[C@@H](C)C(=O)/C(C)=C/[C@]1(C)OC(=O)CSCc1ccc(OC)cc1. The summed E-state index contributed by atoms with van der Waals surface area (Å²) in [6.07, 6.45) is -5.50. The quantitative estimate of drug-likeness (QED) is 0.121. The Labute approximate surface area is 419 Å². The molecule has 0 saturated carbocycles. The molecule has 0 aliphatic carbocycles. The molecule has 3 heterocycles. The second kappa shape index (κ2) is 25.4. The van der Waals surface area contributed by atoms with E-state index in [9.17, 15) is 24.0 Å². The minimum absolute atomic E-state index is 0.0176. The number of Topliss-reactive ketones (excluding diaryl/α,β-unsaturated/α-hetero) is 1. The molecule has 0 amide bonds. The summed E-state index contributed by atoms with van der Waals surface area (Å²) in [5.41, 5.74) is -2.69. The first-order valence-corrected chi connectivity index (χ1v) is 25.5. The summed E-state index contributed by atoms with van der Waals surface area (Å²) in [4.78, 5) is 70.3. The molecule has 0 spiro atoms. The molecule has 0 bridgehead atoms. The molecule has 1 aromatic carbocycles.